The highest BCUT2D eigenvalue weighted by Gasteiger charge is 2.19. The van der Waals surface area contributed by atoms with Crippen molar-refractivity contribution in [3.05, 3.63) is 23.1 Å². The van der Waals surface area contributed by atoms with E-state index in [4.69, 9.17) is 0 Å². The molecule has 1 rings (SSSR count). The Labute approximate surface area is 65.3 Å². The number of aliphatic hydroxyl groups is 1. The van der Waals surface area contributed by atoms with Crippen molar-refractivity contribution in [2.24, 2.45) is 0 Å². The van der Waals surface area contributed by atoms with Gasteiger partial charge in [-0.25, -0.2) is 0 Å². The Balaban J connectivity index is 2.73. The Hall–Kier alpha value is 0.140. The van der Waals surface area contributed by atoms with Gasteiger partial charge in [-0.1, -0.05) is 12.2 Å². The molecular weight excluding hydrogens is 152 g/mol. The summed E-state index contributed by atoms with van der Waals surface area (Å²) in [5.74, 6) is 0. The third-order valence-electron chi connectivity index (χ3n) is 1.09. The van der Waals surface area contributed by atoms with E-state index in [1.165, 1.54) is 0 Å². The molecule has 0 saturated heterocycles. The number of hydrogen-bond acceptors (Lipinski definition) is 3. The molecule has 1 aliphatic carbocycles. The van der Waals surface area contributed by atoms with Gasteiger partial charge in [0.2, 0.25) is 0 Å². The lowest BCUT2D eigenvalue weighted by Gasteiger charge is -2.19. The third kappa shape index (κ3) is 2.08. The lowest BCUT2D eigenvalue weighted by Crippen LogP contribution is -2.18. The number of allylic oxidation sites excluding steroid dienone is 2. The SMILES string of the molecule is OC1(S)C=CC=C(S)C1. The number of hydrogen-bond donors (Lipinski definition) is 3. The zero-order chi connectivity index (χ0) is 6.91. The van der Waals surface area contributed by atoms with E-state index in [1.807, 2.05) is 6.08 Å². The molecule has 1 aliphatic rings. The van der Waals surface area contributed by atoms with E-state index in [0.29, 0.717) is 6.42 Å². The normalized spacial score (nSPS) is 34.3. The van der Waals surface area contributed by atoms with Gasteiger partial charge in [-0.3, -0.25) is 0 Å². The van der Waals surface area contributed by atoms with Crippen LogP contribution in [-0.4, -0.2) is 10.0 Å². The van der Waals surface area contributed by atoms with E-state index < -0.39 is 4.93 Å². The van der Waals surface area contributed by atoms with Gasteiger partial charge in [0.1, 0.15) is 4.93 Å². The summed E-state index contributed by atoms with van der Waals surface area (Å²) in [6.07, 6.45) is 5.72. The summed E-state index contributed by atoms with van der Waals surface area (Å²) in [5.41, 5.74) is 0. The molecule has 9 heavy (non-hydrogen) atoms. The van der Waals surface area contributed by atoms with Crippen LogP contribution in [0.15, 0.2) is 23.1 Å². The molecule has 3 heteroatoms. The van der Waals surface area contributed by atoms with Gasteiger partial charge in [0, 0.05) is 6.42 Å². The molecule has 0 radical (unpaired) electrons. The first-order valence-electron chi connectivity index (χ1n) is 2.62. The molecule has 0 saturated carbocycles. The molecule has 0 fully saturated rings. The van der Waals surface area contributed by atoms with E-state index in [-0.39, 0.29) is 0 Å². The van der Waals surface area contributed by atoms with Crippen LogP contribution in [-0.2, 0) is 0 Å². The van der Waals surface area contributed by atoms with Crippen molar-refractivity contribution in [2.75, 3.05) is 0 Å². The molecule has 0 aromatic rings. The van der Waals surface area contributed by atoms with E-state index >= 15 is 0 Å². The second kappa shape index (κ2) is 2.40. The molecule has 1 N–H and O–H groups in total. The van der Waals surface area contributed by atoms with Crippen LogP contribution in [0.1, 0.15) is 6.42 Å². The maximum atomic E-state index is 9.23. The van der Waals surface area contributed by atoms with Gasteiger partial charge < -0.3 is 5.11 Å². The lowest BCUT2D eigenvalue weighted by atomic mass is 10.1. The number of thiol groups is 2. The van der Waals surface area contributed by atoms with Crippen LogP contribution in [0, 0.1) is 0 Å². The van der Waals surface area contributed by atoms with Crippen LogP contribution in [0.25, 0.3) is 0 Å². The Morgan fingerprint density at radius 1 is 1.67 bits per heavy atom. The zero-order valence-electron chi connectivity index (χ0n) is 4.78. The maximum Gasteiger partial charge on any atom is 0.131 e. The molecular formula is C6H8OS2. The van der Waals surface area contributed by atoms with Gasteiger partial charge in [-0.15, -0.1) is 25.3 Å². The first-order valence-corrected chi connectivity index (χ1v) is 3.52. The predicted octanol–water partition coefficient (Wildman–Crippen LogP) is 1.38. The van der Waals surface area contributed by atoms with Crippen molar-refractivity contribution >= 4 is 25.3 Å². The van der Waals surface area contributed by atoms with E-state index in [2.05, 4.69) is 25.3 Å². The van der Waals surface area contributed by atoms with Gasteiger partial charge in [0.15, 0.2) is 0 Å². The molecule has 0 aromatic heterocycles. The monoisotopic (exact) mass is 160 g/mol. The summed E-state index contributed by atoms with van der Waals surface area (Å²) < 4.78 is 0. The Bertz CT molecular complexity index is 170. The second-order valence-corrected chi connectivity index (χ2v) is 3.42. The van der Waals surface area contributed by atoms with E-state index in [0.717, 1.165) is 4.91 Å². The van der Waals surface area contributed by atoms with E-state index in [1.54, 1.807) is 12.2 Å². The van der Waals surface area contributed by atoms with Crippen molar-refractivity contribution in [3.8, 4) is 0 Å². The highest BCUT2D eigenvalue weighted by Crippen LogP contribution is 2.27. The van der Waals surface area contributed by atoms with Crippen molar-refractivity contribution in [1.29, 1.82) is 0 Å². The highest BCUT2D eigenvalue weighted by molar-refractivity contribution is 7.85. The maximum absolute atomic E-state index is 9.23. The van der Waals surface area contributed by atoms with Crippen molar-refractivity contribution < 1.29 is 5.11 Å². The van der Waals surface area contributed by atoms with Crippen molar-refractivity contribution in [3.63, 3.8) is 0 Å². The molecule has 0 bridgehead atoms. The molecule has 0 aromatic carbocycles. The van der Waals surface area contributed by atoms with Gasteiger partial charge >= 0.3 is 0 Å². The second-order valence-electron chi connectivity index (χ2n) is 2.07. The van der Waals surface area contributed by atoms with Crippen molar-refractivity contribution in [2.45, 2.75) is 11.4 Å². The first-order chi connectivity index (χ1) is 4.10. The Kier molecular flexibility index (Phi) is 1.94. The summed E-state index contributed by atoms with van der Waals surface area (Å²) in [6.45, 7) is 0. The summed E-state index contributed by atoms with van der Waals surface area (Å²) >= 11 is 8.03. The minimum absolute atomic E-state index is 0.496. The molecule has 1 nitrogen and oxygen atoms in total. The summed E-state index contributed by atoms with van der Waals surface area (Å²) in [7, 11) is 0. The predicted molar refractivity (Wildman–Crippen MR) is 44.8 cm³/mol. The molecule has 0 aliphatic heterocycles. The average molecular weight is 160 g/mol. The topological polar surface area (TPSA) is 20.2 Å². The van der Waals surface area contributed by atoms with Gasteiger partial charge in [0.05, 0.1) is 0 Å². The highest BCUT2D eigenvalue weighted by atomic mass is 32.1. The van der Waals surface area contributed by atoms with Gasteiger partial charge in [-0.2, -0.15) is 0 Å². The standard InChI is InChI=1S/C6H8OS2/c7-6(9)3-1-2-5(8)4-6/h1-3,7-9H,4H2. The average Bonchev–Trinajstić information content (AvgIpc) is 1.60. The van der Waals surface area contributed by atoms with Crippen LogP contribution in [0.2, 0.25) is 0 Å². The molecule has 0 spiro atoms. The number of rotatable bonds is 0. The van der Waals surface area contributed by atoms with Crippen LogP contribution < -0.4 is 0 Å². The first kappa shape index (κ1) is 7.25. The van der Waals surface area contributed by atoms with Crippen LogP contribution >= 0.6 is 25.3 Å². The zero-order valence-corrected chi connectivity index (χ0v) is 6.57. The summed E-state index contributed by atoms with van der Waals surface area (Å²) in [4.78, 5) is -0.124. The third-order valence-corrected chi connectivity index (χ3v) is 1.71. The molecule has 0 amide bonds. The smallest absolute Gasteiger partial charge is 0.131 e. The quantitative estimate of drug-likeness (QED) is 0.361. The van der Waals surface area contributed by atoms with Crippen molar-refractivity contribution in [1.82, 2.24) is 0 Å². The van der Waals surface area contributed by atoms with Crippen LogP contribution in [0.4, 0.5) is 0 Å². The summed E-state index contributed by atoms with van der Waals surface area (Å²) in [5, 5.41) is 9.23. The fourth-order valence-corrected chi connectivity index (χ4v) is 1.41. The minimum atomic E-state index is -0.980. The van der Waals surface area contributed by atoms with Gasteiger partial charge in [-0.05, 0) is 11.0 Å². The lowest BCUT2D eigenvalue weighted by molar-refractivity contribution is 0.191. The molecule has 50 valence electrons. The Morgan fingerprint density at radius 3 is 2.67 bits per heavy atom. The van der Waals surface area contributed by atoms with Crippen LogP contribution in [0.3, 0.4) is 0 Å². The largest absolute Gasteiger partial charge is 0.376 e. The minimum Gasteiger partial charge on any atom is -0.376 e. The van der Waals surface area contributed by atoms with Crippen LogP contribution in [0.5, 0.6) is 0 Å². The fraction of sp³-hybridized carbons (Fsp3) is 0.333. The molecule has 1 unspecified atom stereocenters. The molecule has 1 atom stereocenters. The van der Waals surface area contributed by atoms with Gasteiger partial charge in [0.25, 0.3) is 0 Å². The molecule has 0 heterocycles. The fourth-order valence-electron chi connectivity index (χ4n) is 0.698. The summed E-state index contributed by atoms with van der Waals surface area (Å²) in [6, 6.07) is 0. The Morgan fingerprint density at radius 2 is 2.33 bits per heavy atom. The van der Waals surface area contributed by atoms with E-state index in [9.17, 15) is 5.11 Å².